The molecule has 24 heavy (non-hydrogen) atoms. The Labute approximate surface area is 144 Å². The number of nitro benzene ring substituents is 1. The van der Waals surface area contributed by atoms with Gasteiger partial charge in [0, 0.05) is 29.7 Å². The van der Waals surface area contributed by atoms with Crippen molar-refractivity contribution in [2.45, 2.75) is 19.4 Å². The second-order valence-corrected chi connectivity index (χ2v) is 6.84. The third-order valence-electron chi connectivity index (χ3n) is 4.07. The van der Waals surface area contributed by atoms with E-state index in [4.69, 9.17) is 4.42 Å². The first-order chi connectivity index (χ1) is 11.6. The topological polar surface area (TPSA) is 76.6 Å². The molecule has 2 heterocycles. The lowest BCUT2D eigenvalue weighted by atomic mass is 10.1. The van der Waals surface area contributed by atoms with Gasteiger partial charge >= 0.3 is 0 Å². The average molecular weight is 346 g/mol. The van der Waals surface area contributed by atoms with Crippen LogP contribution in [0.1, 0.15) is 23.1 Å². The van der Waals surface area contributed by atoms with E-state index in [-0.39, 0.29) is 24.1 Å². The molecular weight excluding hydrogens is 328 g/mol. The molecule has 1 atom stereocenters. The molecule has 0 spiro atoms. The van der Waals surface area contributed by atoms with Crippen molar-refractivity contribution < 1.29 is 14.1 Å². The summed E-state index contributed by atoms with van der Waals surface area (Å²) in [5.41, 5.74) is 0.433. The predicted molar refractivity (Wildman–Crippen MR) is 92.0 cm³/mol. The number of amides is 1. The number of furan rings is 1. The van der Waals surface area contributed by atoms with E-state index in [1.807, 2.05) is 19.1 Å². The van der Waals surface area contributed by atoms with Gasteiger partial charge in [-0.25, -0.2) is 0 Å². The predicted octanol–water partition coefficient (Wildman–Crippen LogP) is 3.36. The first-order valence-electron chi connectivity index (χ1n) is 7.72. The molecule has 1 aromatic carbocycles. The maximum Gasteiger partial charge on any atom is 0.273 e. The Hall–Kier alpha value is -2.28. The van der Waals surface area contributed by atoms with Crippen molar-refractivity contribution in [2.24, 2.45) is 0 Å². The van der Waals surface area contributed by atoms with Crippen molar-refractivity contribution in [1.82, 2.24) is 4.90 Å². The lowest BCUT2D eigenvalue weighted by Gasteiger charge is -2.34. The van der Waals surface area contributed by atoms with Crippen molar-refractivity contribution in [2.75, 3.05) is 18.1 Å². The normalized spacial score (nSPS) is 17.7. The highest BCUT2D eigenvalue weighted by atomic mass is 32.2. The zero-order valence-electron chi connectivity index (χ0n) is 13.3. The number of carbonyl (C=O) groups excluding carboxylic acids is 1. The molecule has 0 aliphatic carbocycles. The Morgan fingerprint density at radius 3 is 2.88 bits per heavy atom. The summed E-state index contributed by atoms with van der Waals surface area (Å²) in [6.07, 6.45) is 0.0258. The summed E-state index contributed by atoms with van der Waals surface area (Å²) < 4.78 is 5.70. The molecule has 6 nitrogen and oxygen atoms in total. The fourth-order valence-corrected chi connectivity index (χ4v) is 3.93. The van der Waals surface area contributed by atoms with Crippen LogP contribution >= 0.6 is 11.8 Å². The second kappa shape index (κ2) is 7.09. The quantitative estimate of drug-likeness (QED) is 0.627. The van der Waals surface area contributed by atoms with E-state index in [1.54, 1.807) is 34.9 Å². The highest BCUT2D eigenvalue weighted by Crippen LogP contribution is 2.31. The average Bonchev–Trinajstić information content (AvgIpc) is 3.01. The number of nitrogens with zero attached hydrogens (tertiary/aromatic N) is 2. The second-order valence-electron chi connectivity index (χ2n) is 5.69. The zero-order chi connectivity index (χ0) is 17.1. The Kier molecular flexibility index (Phi) is 4.89. The highest BCUT2D eigenvalue weighted by Gasteiger charge is 2.31. The molecule has 1 aliphatic rings. The van der Waals surface area contributed by atoms with E-state index in [9.17, 15) is 14.9 Å². The third kappa shape index (κ3) is 3.46. The maximum atomic E-state index is 12.8. The molecule has 1 aromatic heterocycles. The van der Waals surface area contributed by atoms with Crippen LogP contribution in [0.5, 0.6) is 0 Å². The fourth-order valence-electron chi connectivity index (χ4n) is 2.87. The van der Waals surface area contributed by atoms with Gasteiger partial charge in [-0.05, 0) is 19.1 Å². The van der Waals surface area contributed by atoms with Crippen LogP contribution in [0.25, 0.3) is 0 Å². The lowest BCUT2D eigenvalue weighted by molar-refractivity contribution is -0.385. The minimum Gasteiger partial charge on any atom is -0.464 e. The van der Waals surface area contributed by atoms with Crippen LogP contribution in [0.4, 0.5) is 5.69 Å². The number of carbonyl (C=O) groups is 1. The van der Waals surface area contributed by atoms with Crippen LogP contribution in [-0.4, -0.2) is 33.8 Å². The van der Waals surface area contributed by atoms with Gasteiger partial charge in [-0.1, -0.05) is 18.2 Å². The number of rotatable bonds is 4. The van der Waals surface area contributed by atoms with Crippen LogP contribution in [-0.2, 0) is 11.2 Å². The van der Waals surface area contributed by atoms with E-state index >= 15 is 0 Å². The molecule has 0 N–H and O–H groups in total. The van der Waals surface area contributed by atoms with E-state index in [0.29, 0.717) is 12.1 Å². The van der Waals surface area contributed by atoms with Gasteiger partial charge in [0.05, 0.1) is 17.4 Å². The lowest BCUT2D eigenvalue weighted by Crippen LogP contribution is -2.41. The van der Waals surface area contributed by atoms with Gasteiger partial charge in [0.25, 0.3) is 5.69 Å². The molecule has 126 valence electrons. The van der Waals surface area contributed by atoms with Crippen molar-refractivity contribution in [3.63, 3.8) is 0 Å². The molecule has 0 radical (unpaired) electrons. The Morgan fingerprint density at radius 1 is 1.38 bits per heavy atom. The van der Waals surface area contributed by atoms with Crippen LogP contribution in [0, 0.1) is 17.0 Å². The summed E-state index contributed by atoms with van der Waals surface area (Å²) in [6, 6.07) is 10.1. The Bertz CT molecular complexity index is 759. The van der Waals surface area contributed by atoms with Crippen LogP contribution in [0.15, 0.2) is 40.8 Å². The molecule has 0 saturated carbocycles. The van der Waals surface area contributed by atoms with E-state index in [2.05, 4.69) is 0 Å². The molecule has 1 saturated heterocycles. The first-order valence-corrected chi connectivity index (χ1v) is 8.87. The van der Waals surface area contributed by atoms with Crippen molar-refractivity contribution in [1.29, 1.82) is 0 Å². The van der Waals surface area contributed by atoms with Gasteiger partial charge in [-0.3, -0.25) is 14.9 Å². The highest BCUT2D eigenvalue weighted by molar-refractivity contribution is 7.99. The molecule has 1 aliphatic heterocycles. The molecule has 0 bridgehead atoms. The smallest absolute Gasteiger partial charge is 0.273 e. The molecule has 0 unspecified atom stereocenters. The summed E-state index contributed by atoms with van der Waals surface area (Å²) in [5.74, 6) is 3.11. The van der Waals surface area contributed by atoms with Gasteiger partial charge in [-0.15, -0.1) is 0 Å². The number of thioether (sulfide) groups is 1. The zero-order valence-corrected chi connectivity index (χ0v) is 14.1. The minimum absolute atomic E-state index is 0.0115. The number of aryl methyl sites for hydroxylation is 1. The van der Waals surface area contributed by atoms with Crippen molar-refractivity contribution >= 4 is 23.4 Å². The molecule has 3 rings (SSSR count). The molecule has 1 amide bonds. The number of hydrogen-bond donors (Lipinski definition) is 0. The molecular formula is C17H18N2O4S. The fraction of sp³-hybridized carbons (Fsp3) is 0.353. The number of benzene rings is 1. The summed E-state index contributed by atoms with van der Waals surface area (Å²) in [7, 11) is 0. The standard InChI is InChI=1S/C17H18N2O4S/c1-12-6-7-16(23-12)15-11-24-9-8-18(15)17(20)10-13-4-2-3-5-14(13)19(21)22/h2-7,15H,8-11H2,1H3/t15-/m1/s1. The SMILES string of the molecule is Cc1ccc([C@H]2CSCCN2C(=O)Cc2ccccc2[N+](=O)[O-])o1. The Morgan fingerprint density at radius 2 is 2.17 bits per heavy atom. The number of nitro groups is 1. The summed E-state index contributed by atoms with van der Waals surface area (Å²) in [5, 5.41) is 11.1. The van der Waals surface area contributed by atoms with Gasteiger partial charge in [0.1, 0.15) is 11.5 Å². The van der Waals surface area contributed by atoms with E-state index in [1.165, 1.54) is 6.07 Å². The van der Waals surface area contributed by atoms with Crippen LogP contribution in [0.3, 0.4) is 0 Å². The largest absolute Gasteiger partial charge is 0.464 e. The first kappa shape index (κ1) is 16.6. The van der Waals surface area contributed by atoms with Gasteiger partial charge in [-0.2, -0.15) is 11.8 Å². The number of hydrogen-bond acceptors (Lipinski definition) is 5. The van der Waals surface area contributed by atoms with E-state index in [0.717, 1.165) is 23.0 Å². The van der Waals surface area contributed by atoms with Crippen LogP contribution < -0.4 is 0 Å². The summed E-state index contributed by atoms with van der Waals surface area (Å²) in [4.78, 5) is 25.3. The maximum absolute atomic E-state index is 12.8. The Balaban J connectivity index is 1.81. The van der Waals surface area contributed by atoms with Crippen molar-refractivity contribution in [3.05, 3.63) is 63.6 Å². The van der Waals surface area contributed by atoms with E-state index < -0.39 is 4.92 Å². The molecule has 7 heteroatoms. The minimum atomic E-state index is -0.442. The van der Waals surface area contributed by atoms with Gasteiger partial charge in [0.15, 0.2) is 0 Å². The monoisotopic (exact) mass is 346 g/mol. The van der Waals surface area contributed by atoms with Crippen LogP contribution in [0.2, 0.25) is 0 Å². The number of para-hydroxylation sites is 1. The summed E-state index contributed by atoms with van der Waals surface area (Å²) in [6.45, 7) is 2.49. The summed E-state index contributed by atoms with van der Waals surface area (Å²) >= 11 is 1.78. The van der Waals surface area contributed by atoms with Crippen molar-refractivity contribution in [3.8, 4) is 0 Å². The molecule has 2 aromatic rings. The molecule has 1 fully saturated rings. The third-order valence-corrected chi connectivity index (χ3v) is 5.09. The van der Waals surface area contributed by atoms with Gasteiger partial charge < -0.3 is 9.32 Å². The van der Waals surface area contributed by atoms with Gasteiger partial charge in [0.2, 0.25) is 5.91 Å².